The molecule has 0 aliphatic heterocycles. The van der Waals surface area contributed by atoms with E-state index in [9.17, 15) is 4.79 Å². The van der Waals surface area contributed by atoms with E-state index in [0.717, 1.165) is 41.2 Å². The molecule has 1 aromatic carbocycles. The van der Waals surface area contributed by atoms with E-state index in [1.54, 1.807) is 6.07 Å². The van der Waals surface area contributed by atoms with Crippen LogP contribution in [0.4, 0.5) is 0 Å². The summed E-state index contributed by atoms with van der Waals surface area (Å²) in [5.74, 6) is 0. The molecule has 0 aliphatic carbocycles. The number of hydrogen-bond donors (Lipinski definition) is 0. The second-order valence-corrected chi connectivity index (χ2v) is 6.94. The summed E-state index contributed by atoms with van der Waals surface area (Å²) in [6.07, 6.45) is 4.87. The van der Waals surface area contributed by atoms with Crippen LogP contribution >= 0.6 is 0 Å². The molecular weight excluding hydrogens is 276 g/mol. The van der Waals surface area contributed by atoms with Gasteiger partial charge in [0, 0.05) is 28.5 Å². The van der Waals surface area contributed by atoms with Gasteiger partial charge in [0.05, 0.1) is 6.26 Å². The molecule has 0 saturated heterocycles. The zero-order valence-electron chi connectivity index (χ0n) is 13.7. The molecule has 0 fully saturated rings. The predicted molar refractivity (Wildman–Crippen MR) is 89.6 cm³/mol. The van der Waals surface area contributed by atoms with Crippen LogP contribution in [0.3, 0.4) is 0 Å². The number of aryl methyl sites for hydroxylation is 1. The Bertz CT molecular complexity index is 875. The van der Waals surface area contributed by atoms with Crippen molar-refractivity contribution in [3.63, 3.8) is 0 Å². The number of rotatable bonds is 3. The van der Waals surface area contributed by atoms with Gasteiger partial charge in [-0.25, -0.2) is 4.79 Å². The van der Waals surface area contributed by atoms with Gasteiger partial charge >= 0.3 is 5.63 Å². The molecule has 0 aliphatic rings. The normalized spacial score (nSPS) is 12.4. The van der Waals surface area contributed by atoms with Gasteiger partial charge in [-0.1, -0.05) is 34.1 Å². The fourth-order valence-corrected chi connectivity index (χ4v) is 2.90. The molecule has 0 spiro atoms. The standard InChI is InChI=1S/C19H22O3/c1-5-6-7-12-8-18(20)22-17-10-16-14(9-13(12)17)15(11-21-16)19(2,3)4/h8-11H,5-7H2,1-4H3. The van der Waals surface area contributed by atoms with Crippen molar-refractivity contribution in [2.45, 2.75) is 52.4 Å². The lowest BCUT2D eigenvalue weighted by molar-refractivity contribution is 0.552. The van der Waals surface area contributed by atoms with Gasteiger partial charge in [0.1, 0.15) is 11.2 Å². The summed E-state index contributed by atoms with van der Waals surface area (Å²) in [6.45, 7) is 8.67. The first-order valence-electron chi connectivity index (χ1n) is 7.88. The van der Waals surface area contributed by atoms with Crippen molar-refractivity contribution in [1.82, 2.24) is 0 Å². The van der Waals surface area contributed by atoms with Crippen molar-refractivity contribution in [2.24, 2.45) is 0 Å². The summed E-state index contributed by atoms with van der Waals surface area (Å²) >= 11 is 0. The van der Waals surface area contributed by atoms with Gasteiger partial charge in [-0.3, -0.25) is 0 Å². The van der Waals surface area contributed by atoms with E-state index in [-0.39, 0.29) is 11.0 Å². The Morgan fingerprint density at radius 3 is 2.50 bits per heavy atom. The first-order chi connectivity index (χ1) is 10.4. The van der Waals surface area contributed by atoms with Crippen LogP contribution in [0, 0.1) is 0 Å². The maximum atomic E-state index is 11.8. The Morgan fingerprint density at radius 1 is 1.05 bits per heavy atom. The van der Waals surface area contributed by atoms with Gasteiger partial charge in [-0.05, 0) is 29.9 Å². The summed E-state index contributed by atoms with van der Waals surface area (Å²) in [6, 6.07) is 5.58. The number of furan rings is 1. The van der Waals surface area contributed by atoms with Gasteiger partial charge in [-0.2, -0.15) is 0 Å². The summed E-state index contributed by atoms with van der Waals surface area (Å²) in [4.78, 5) is 11.8. The highest BCUT2D eigenvalue weighted by Gasteiger charge is 2.21. The summed E-state index contributed by atoms with van der Waals surface area (Å²) in [7, 11) is 0. The fourth-order valence-electron chi connectivity index (χ4n) is 2.90. The largest absolute Gasteiger partial charge is 0.464 e. The maximum absolute atomic E-state index is 11.8. The fraction of sp³-hybridized carbons (Fsp3) is 0.421. The molecule has 116 valence electrons. The van der Waals surface area contributed by atoms with Crippen molar-refractivity contribution in [3.05, 3.63) is 46.0 Å². The Balaban J connectivity index is 2.30. The van der Waals surface area contributed by atoms with Crippen LogP contribution in [0.25, 0.3) is 21.9 Å². The zero-order chi connectivity index (χ0) is 15.9. The summed E-state index contributed by atoms with van der Waals surface area (Å²) in [5, 5.41) is 2.12. The molecule has 2 aromatic heterocycles. The minimum atomic E-state index is -0.291. The Hall–Kier alpha value is -2.03. The molecular formula is C19H22O3. The molecule has 0 amide bonds. The highest BCUT2D eigenvalue weighted by atomic mass is 16.4. The average Bonchev–Trinajstić information content (AvgIpc) is 2.85. The van der Waals surface area contributed by atoms with Crippen molar-refractivity contribution < 1.29 is 8.83 Å². The molecule has 0 radical (unpaired) electrons. The van der Waals surface area contributed by atoms with Gasteiger partial charge in [0.15, 0.2) is 0 Å². The summed E-state index contributed by atoms with van der Waals surface area (Å²) < 4.78 is 11.1. The van der Waals surface area contributed by atoms with Gasteiger partial charge in [-0.15, -0.1) is 0 Å². The van der Waals surface area contributed by atoms with E-state index in [1.807, 2.05) is 12.3 Å². The van der Waals surface area contributed by atoms with Crippen molar-refractivity contribution in [3.8, 4) is 0 Å². The molecule has 22 heavy (non-hydrogen) atoms. The second kappa shape index (κ2) is 5.31. The molecule has 2 heterocycles. The van der Waals surface area contributed by atoms with Crippen LogP contribution in [0.1, 0.15) is 51.7 Å². The topological polar surface area (TPSA) is 43.4 Å². The molecule has 0 bridgehead atoms. The Kier molecular flexibility index (Phi) is 3.59. The van der Waals surface area contributed by atoms with E-state index >= 15 is 0 Å². The van der Waals surface area contributed by atoms with E-state index in [1.165, 1.54) is 5.56 Å². The third kappa shape index (κ3) is 2.56. The van der Waals surface area contributed by atoms with E-state index in [4.69, 9.17) is 8.83 Å². The third-order valence-electron chi connectivity index (χ3n) is 4.13. The Labute approximate surface area is 129 Å². The van der Waals surface area contributed by atoms with Crippen molar-refractivity contribution in [1.29, 1.82) is 0 Å². The van der Waals surface area contributed by atoms with E-state index < -0.39 is 0 Å². The van der Waals surface area contributed by atoms with Crippen LogP contribution in [0.5, 0.6) is 0 Å². The average molecular weight is 298 g/mol. The lowest BCUT2D eigenvalue weighted by Gasteiger charge is -2.16. The molecule has 0 atom stereocenters. The predicted octanol–water partition coefficient (Wildman–Crippen LogP) is 5.18. The number of fused-ring (bicyclic) bond motifs is 2. The number of hydrogen-bond acceptors (Lipinski definition) is 3. The molecule has 0 N–H and O–H groups in total. The molecule has 0 saturated carbocycles. The van der Waals surface area contributed by atoms with Crippen molar-refractivity contribution >= 4 is 21.9 Å². The number of benzene rings is 1. The van der Waals surface area contributed by atoms with Crippen LogP contribution < -0.4 is 5.63 Å². The third-order valence-corrected chi connectivity index (χ3v) is 4.13. The first-order valence-corrected chi connectivity index (χ1v) is 7.88. The first kappa shape index (κ1) is 14.9. The highest BCUT2D eigenvalue weighted by molar-refractivity contribution is 5.96. The van der Waals surface area contributed by atoms with E-state index in [0.29, 0.717) is 5.58 Å². The number of unbranched alkanes of at least 4 members (excludes halogenated alkanes) is 1. The minimum Gasteiger partial charge on any atom is -0.464 e. The lowest BCUT2D eigenvalue weighted by atomic mass is 9.86. The molecule has 3 rings (SSSR count). The van der Waals surface area contributed by atoms with Gasteiger partial charge in [0.2, 0.25) is 0 Å². The SMILES string of the molecule is CCCCc1cc(=O)oc2cc3occ(C(C)(C)C)c3cc12. The zero-order valence-corrected chi connectivity index (χ0v) is 13.7. The van der Waals surface area contributed by atoms with Crippen LogP contribution in [0.15, 0.2) is 38.1 Å². The van der Waals surface area contributed by atoms with E-state index in [2.05, 4.69) is 33.8 Å². The highest BCUT2D eigenvalue weighted by Crippen LogP contribution is 2.34. The lowest BCUT2D eigenvalue weighted by Crippen LogP contribution is -2.09. The smallest absolute Gasteiger partial charge is 0.336 e. The summed E-state index contributed by atoms with van der Waals surface area (Å²) in [5.41, 5.74) is 3.35. The quantitative estimate of drug-likeness (QED) is 0.626. The molecule has 3 heteroatoms. The molecule has 3 aromatic rings. The minimum absolute atomic E-state index is 0.0120. The maximum Gasteiger partial charge on any atom is 0.336 e. The van der Waals surface area contributed by atoms with Gasteiger partial charge in [0.25, 0.3) is 0 Å². The Morgan fingerprint density at radius 2 is 1.82 bits per heavy atom. The second-order valence-electron chi connectivity index (χ2n) is 6.94. The van der Waals surface area contributed by atoms with Crippen molar-refractivity contribution in [2.75, 3.05) is 0 Å². The molecule has 0 unspecified atom stereocenters. The molecule has 3 nitrogen and oxygen atoms in total. The van der Waals surface area contributed by atoms with Crippen LogP contribution in [0.2, 0.25) is 0 Å². The van der Waals surface area contributed by atoms with Crippen LogP contribution in [-0.2, 0) is 11.8 Å². The van der Waals surface area contributed by atoms with Gasteiger partial charge < -0.3 is 8.83 Å². The van der Waals surface area contributed by atoms with Crippen LogP contribution in [-0.4, -0.2) is 0 Å². The monoisotopic (exact) mass is 298 g/mol.